The number of halogens is 1. The summed E-state index contributed by atoms with van der Waals surface area (Å²) in [7, 11) is 0. The van der Waals surface area contributed by atoms with Crippen LogP contribution in [-0.4, -0.2) is 68.2 Å². The van der Waals surface area contributed by atoms with Crippen LogP contribution in [0.2, 0.25) is 5.02 Å². The minimum absolute atomic E-state index is 0.00609. The number of non-ortho nitro benzene ring substituents is 2. The maximum atomic E-state index is 11.2. The Labute approximate surface area is 207 Å². The van der Waals surface area contributed by atoms with Gasteiger partial charge >= 0.3 is 0 Å². The van der Waals surface area contributed by atoms with Gasteiger partial charge in [0.15, 0.2) is 0 Å². The topological polar surface area (TPSA) is 128 Å². The summed E-state index contributed by atoms with van der Waals surface area (Å²) in [6.07, 6.45) is 0.221. The van der Waals surface area contributed by atoms with Gasteiger partial charge in [0, 0.05) is 73.3 Å². The fraction of sp³-hybridized carbons (Fsp3) is 0.435. The maximum Gasteiger partial charge on any atom is 0.272 e. The van der Waals surface area contributed by atoms with Crippen molar-refractivity contribution in [3.63, 3.8) is 0 Å². The number of Topliss-reactive ketones (excluding diaryl/α,β-unsaturated/α-hetero) is 1. The second kappa shape index (κ2) is 12.4. The van der Waals surface area contributed by atoms with E-state index in [-0.39, 0.29) is 23.6 Å². The van der Waals surface area contributed by atoms with Crippen LogP contribution in [0.15, 0.2) is 36.4 Å². The van der Waals surface area contributed by atoms with Crippen molar-refractivity contribution in [1.29, 1.82) is 0 Å². The molecule has 2 aliphatic rings. The molecule has 4 rings (SSSR count). The van der Waals surface area contributed by atoms with Crippen LogP contribution in [0.25, 0.3) is 0 Å². The third kappa shape index (κ3) is 7.88. The average molecular weight is 507 g/mol. The van der Waals surface area contributed by atoms with Crippen molar-refractivity contribution >= 4 is 40.1 Å². The first-order valence-electron chi connectivity index (χ1n) is 11.1. The summed E-state index contributed by atoms with van der Waals surface area (Å²) < 4.78 is 10.5. The summed E-state index contributed by atoms with van der Waals surface area (Å²) in [6.45, 7) is 6.87. The zero-order valence-corrected chi connectivity index (χ0v) is 20.1. The Morgan fingerprint density at radius 3 is 1.74 bits per heavy atom. The highest BCUT2D eigenvalue weighted by Crippen LogP contribution is 2.27. The van der Waals surface area contributed by atoms with Crippen molar-refractivity contribution in [2.45, 2.75) is 13.3 Å². The molecule has 0 saturated carbocycles. The normalized spacial score (nSPS) is 15.7. The van der Waals surface area contributed by atoms with Crippen LogP contribution in [0, 0.1) is 20.2 Å². The van der Waals surface area contributed by atoms with E-state index in [2.05, 4.69) is 0 Å². The molecule has 0 N–H and O–H groups in total. The molecular formula is C23H27ClN4O7. The SMILES string of the molecule is CC(=O)Cc1cc(N2CCOCC2)cc([N+](=O)[O-])c1.O=[N+]([O-])c1cc(Cl)cc(N2CCOCC2)c1. The third-order valence-corrected chi connectivity index (χ3v) is 5.68. The fourth-order valence-corrected chi connectivity index (χ4v) is 4.05. The second-order valence-electron chi connectivity index (χ2n) is 8.12. The second-order valence-corrected chi connectivity index (χ2v) is 8.55. The van der Waals surface area contributed by atoms with Crippen molar-refractivity contribution < 1.29 is 24.1 Å². The molecule has 0 radical (unpaired) electrons. The fourth-order valence-electron chi connectivity index (χ4n) is 3.82. The van der Waals surface area contributed by atoms with E-state index in [1.54, 1.807) is 12.1 Å². The molecule has 2 heterocycles. The van der Waals surface area contributed by atoms with Crippen LogP contribution in [0.4, 0.5) is 22.7 Å². The first-order valence-corrected chi connectivity index (χ1v) is 11.5. The first-order chi connectivity index (χ1) is 16.7. The van der Waals surface area contributed by atoms with Crippen molar-refractivity contribution in [1.82, 2.24) is 0 Å². The first kappa shape index (κ1) is 26.3. The van der Waals surface area contributed by atoms with Crippen LogP contribution >= 0.6 is 11.6 Å². The zero-order chi connectivity index (χ0) is 25.4. The van der Waals surface area contributed by atoms with Crippen LogP contribution in [0.5, 0.6) is 0 Å². The van der Waals surface area contributed by atoms with Crippen LogP contribution in [0.1, 0.15) is 12.5 Å². The lowest BCUT2D eigenvalue weighted by molar-refractivity contribution is -0.385. The smallest absolute Gasteiger partial charge is 0.272 e. The molecular weight excluding hydrogens is 480 g/mol. The number of nitro benzene ring substituents is 2. The van der Waals surface area contributed by atoms with Gasteiger partial charge in [0.25, 0.3) is 11.4 Å². The lowest BCUT2D eigenvalue weighted by Crippen LogP contribution is -2.36. The number of nitrogens with zero attached hydrogens (tertiary/aromatic N) is 4. The van der Waals surface area contributed by atoms with E-state index in [9.17, 15) is 25.0 Å². The van der Waals surface area contributed by atoms with E-state index in [0.29, 0.717) is 50.1 Å². The summed E-state index contributed by atoms with van der Waals surface area (Å²) in [5, 5.41) is 22.0. The molecule has 2 fully saturated rings. The highest BCUT2D eigenvalue weighted by atomic mass is 35.5. The molecule has 0 aliphatic carbocycles. The van der Waals surface area contributed by atoms with E-state index < -0.39 is 9.85 Å². The Morgan fingerprint density at radius 2 is 1.29 bits per heavy atom. The van der Waals surface area contributed by atoms with Gasteiger partial charge in [-0.1, -0.05) is 11.6 Å². The molecule has 11 nitrogen and oxygen atoms in total. The van der Waals surface area contributed by atoms with Gasteiger partial charge in [0.2, 0.25) is 0 Å². The largest absolute Gasteiger partial charge is 0.378 e. The Hall–Kier alpha value is -3.28. The summed E-state index contributed by atoms with van der Waals surface area (Å²) in [6, 6.07) is 9.49. The van der Waals surface area contributed by atoms with E-state index in [0.717, 1.165) is 24.5 Å². The van der Waals surface area contributed by atoms with Crippen LogP contribution in [-0.2, 0) is 20.7 Å². The van der Waals surface area contributed by atoms with E-state index in [1.165, 1.54) is 25.1 Å². The number of ether oxygens (including phenoxy) is 2. The number of nitro groups is 2. The molecule has 35 heavy (non-hydrogen) atoms. The molecule has 12 heteroatoms. The zero-order valence-electron chi connectivity index (χ0n) is 19.4. The summed E-state index contributed by atoms with van der Waals surface area (Å²) in [5.74, 6) is -0.00609. The van der Waals surface area contributed by atoms with Gasteiger partial charge in [-0.25, -0.2) is 0 Å². The number of carbonyl (C=O) groups is 1. The average Bonchev–Trinajstić information content (AvgIpc) is 2.84. The lowest BCUT2D eigenvalue weighted by Gasteiger charge is -2.29. The molecule has 2 aromatic carbocycles. The lowest BCUT2D eigenvalue weighted by atomic mass is 10.1. The van der Waals surface area contributed by atoms with Crippen molar-refractivity contribution in [2.75, 3.05) is 62.4 Å². The summed E-state index contributed by atoms with van der Waals surface area (Å²) in [4.78, 5) is 36.0. The number of hydrogen-bond donors (Lipinski definition) is 0. The monoisotopic (exact) mass is 506 g/mol. The molecule has 2 aromatic rings. The highest BCUT2D eigenvalue weighted by Gasteiger charge is 2.18. The number of anilines is 2. The standard InChI is InChI=1S/C13H16N2O4.C10H11ClN2O3/c1-10(16)6-11-7-12(9-13(8-11)15(17)18)14-2-4-19-5-3-14;11-8-5-9(7-10(6-8)13(14)15)12-1-3-16-4-2-12/h7-9H,2-6H2,1H3;5-7H,1-4H2. The number of hydrogen-bond acceptors (Lipinski definition) is 9. The predicted octanol–water partition coefficient (Wildman–Crippen LogP) is 3.65. The van der Waals surface area contributed by atoms with E-state index >= 15 is 0 Å². The molecule has 0 aromatic heterocycles. The van der Waals surface area contributed by atoms with Gasteiger partial charge in [-0.2, -0.15) is 0 Å². The number of ketones is 1. The van der Waals surface area contributed by atoms with Gasteiger partial charge in [-0.05, 0) is 24.6 Å². The molecule has 0 amide bonds. The number of carbonyl (C=O) groups excluding carboxylic acids is 1. The number of rotatable bonds is 6. The van der Waals surface area contributed by atoms with Crippen molar-refractivity contribution in [2.24, 2.45) is 0 Å². The molecule has 188 valence electrons. The molecule has 0 atom stereocenters. The van der Waals surface area contributed by atoms with Crippen molar-refractivity contribution in [3.05, 3.63) is 67.2 Å². The van der Waals surface area contributed by atoms with Crippen LogP contribution in [0.3, 0.4) is 0 Å². The van der Waals surface area contributed by atoms with Gasteiger partial charge in [0.05, 0.1) is 36.3 Å². The summed E-state index contributed by atoms with van der Waals surface area (Å²) >= 11 is 5.85. The van der Waals surface area contributed by atoms with Gasteiger partial charge in [-0.3, -0.25) is 25.0 Å². The predicted molar refractivity (Wildman–Crippen MR) is 132 cm³/mol. The van der Waals surface area contributed by atoms with E-state index in [4.69, 9.17) is 21.1 Å². The molecule has 0 unspecified atom stereocenters. The van der Waals surface area contributed by atoms with Gasteiger partial charge in [-0.15, -0.1) is 0 Å². The molecule has 2 aliphatic heterocycles. The van der Waals surface area contributed by atoms with Crippen molar-refractivity contribution in [3.8, 4) is 0 Å². The van der Waals surface area contributed by atoms with Crippen LogP contribution < -0.4 is 9.80 Å². The Balaban J connectivity index is 0.000000198. The molecule has 0 bridgehead atoms. The number of benzene rings is 2. The Kier molecular flexibility index (Phi) is 9.35. The molecule has 2 saturated heterocycles. The number of morpholine rings is 2. The van der Waals surface area contributed by atoms with E-state index in [1.807, 2.05) is 15.9 Å². The Morgan fingerprint density at radius 1 is 0.829 bits per heavy atom. The minimum Gasteiger partial charge on any atom is -0.378 e. The maximum absolute atomic E-state index is 11.2. The Bertz CT molecular complexity index is 1070. The third-order valence-electron chi connectivity index (χ3n) is 5.46. The molecule has 0 spiro atoms. The highest BCUT2D eigenvalue weighted by molar-refractivity contribution is 6.31. The van der Waals surface area contributed by atoms with Gasteiger partial charge < -0.3 is 19.3 Å². The quantitative estimate of drug-likeness (QED) is 0.425. The summed E-state index contributed by atoms with van der Waals surface area (Å²) in [5.41, 5.74) is 2.30. The minimum atomic E-state index is -0.435. The van der Waals surface area contributed by atoms with Gasteiger partial charge in [0.1, 0.15) is 5.78 Å².